The highest BCUT2D eigenvalue weighted by atomic mass is 35.5. The van der Waals surface area contributed by atoms with Crippen LogP contribution in [0.3, 0.4) is 0 Å². The molecule has 5 heteroatoms. The molecule has 3 fully saturated rings. The van der Waals surface area contributed by atoms with E-state index in [0.29, 0.717) is 12.1 Å². The summed E-state index contributed by atoms with van der Waals surface area (Å²) in [4.78, 5) is 11.6. The Morgan fingerprint density at radius 1 is 1.13 bits per heavy atom. The zero-order valence-corrected chi connectivity index (χ0v) is 14.0. The molecule has 1 N–H and O–H groups in total. The summed E-state index contributed by atoms with van der Waals surface area (Å²) >= 11 is 6.05. The summed E-state index contributed by atoms with van der Waals surface area (Å²) in [5.74, 6) is 1.47. The second kappa shape index (κ2) is 6.10. The fourth-order valence-corrected chi connectivity index (χ4v) is 4.10. The third-order valence-corrected chi connectivity index (χ3v) is 5.52. The summed E-state index contributed by atoms with van der Waals surface area (Å²) in [6.07, 6.45) is 6.30. The SMILES string of the molecule is C[C@@H]1[C@@H](Nc2ncc(-c3cccc(Cl)c3)cn2)C2CCN1CC2. The first-order valence-corrected chi connectivity index (χ1v) is 8.67. The van der Waals surface area contributed by atoms with E-state index in [0.717, 1.165) is 28.0 Å². The number of halogens is 1. The molecule has 2 aromatic rings. The first-order chi connectivity index (χ1) is 11.2. The number of aromatic nitrogens is 2. The fourth-order valence-electron chi connectivity index (χ4n) is 3.91. The third kappa shape index (κ3) is 2.93. The molecule has 1 aromatic heterocycles. The first-order valence-electron chi connectivity index (χ1n) is 8.29. The highest BCUT2D eigenvalue weighted by molar-refractivity contribution is 6.30. The lowest BCUT2D eigenvalue weighted by atomic mass is 9.79. The van der Waals surface area contributed by atoms with Crippen LogP contribution in [0.25, 0.3) is 11.1 Å². The summed E-state index contributed by atoms with van der Waals surface area (Å²) < 4.78 is 0. The molecule has 0 radical (unpaired) electrons. The minimum Gasteiger partial charge on any atom is -0.350 e. The quantitative estimate of drug-likeness (QED) is 0.933. The number of piperidine rings is 3. The van der Waals surface area contributed by atoms with E-state index in [9.17, 15) is 0 Å². The second-order valence-electron chi connectivity index (χ2n) is 6.59. The normalized spacial score (nSPS) is 29.5. The molecule has 2 bridgehead atoms. The predicted octanol–water partition coefficient (Wildman–Crippen LogP) is 3.69. The zero-order chi connectivity index (χ0) is 15.8. The van der Waals surface area contributed by atoms with Gasteiger partial charge in [0.2, 0.25) is 5.95 Å². The smallest absolute Gasteiger partial charge is 0.222 e. The van der Waals surface area contributed by atoms with Crippen molar-refractivity contribution in [2.45, 2.75) is 31.8 Å². The highest BCUT2D eigenvalue weighted by Gasteiger charge is 2.39. The van der Waals surface area contributed by atoms with Crippen LogP contribution in [0.1, 0.15) is 19.8 Å². The van der Waals surface area contributed by atoms with Gasteiger partial charge in [0.05, 0.1) is 0 Å². The van der Waals surface area contributed by atoms with Gasteiger partial charge in [0, 0.05) is 35.1 Å². The number of fused-ring (bicyclic) bond motifs is 3. The van der Waals surface area contributed by atoms with Crippen LogP contribution in [0.15, 0.2) is 36.7 Å². The van der Waals surface area contributed by atoms with E-state index < -0.39 is 0 Å². The molecule has 0 unspecified atom stereocenters. The fraction of sp³-hybridized carbons (Fsp3) is 0.444. The van der Waals surface area contributed by atoms with Crippen LogP contribution in [0.4, 0.5) is 5.95 Å². The summed E-state index contributed by atoms with van der Waals surface area (Å²) in [7, 11) is 0. The number of nitrogens with one attached hydrogen (secondary N) is 1. The van der Waals surface area contributed by atoms with Crippen LogP contribution in [0.5, 0.6) is 0 Å². The van der Waals surface area contributed by atoms with Crippen molar-refractivity contribution in [2.24, 2.45) is 5.92 Å². The van der Waals surface area contributed by atoms with Crippen LogP contribution < -0.4 is 5.32 Å². The maximum Gasteiger partial charge on any atom is 0.222 e. The number of benzene rings is 1. The zero-order valence-electron chi connectivity index (χ0n) is 13.2. The first kappa shape index (κ1) is 14.9. The molecule has 3 aliphatic heterocycles. The Bertz CT molecular complexity index is 678. The van der Waals surface area contributed by atoms with E-state index in [1.807, 2.05) is 36.7 Å². The van der Waals surface area contributed by atoms with E-state index >= 15 is 0 Å². The van der Waals surface area contributed by atoms with Gasteiger partial charge in [-0.15, -0.1) is 0 Å². The van der Waals surface area contributed by atoms with Gasteiger partial charge in [-0.1, -0.05) is 23.7 Å². The minimum absolute atomic E-state index is 0.453. The van der Waals surface area contributed by atoms with Gasteiger partial charge in [-0.3, -0.25) is 4.90 Å². The Morgan fingerprint density at radius 3 is 2.52 bits per heavy atom. The maximum atomic E-state index is 6.05. The topological polar surface area (TPSA) is 41.1 Å². The molecular formula is C18H21ClN4. The predicted molar refractivity (Wildman–Crippen MR) is 93.6 cm³/mol. The summed E-state index contributed by atoms with van der Waals surface area (Å²) in [5, 5.41) is 4.29. The van der Waals surface area contributed by atoms with Crippen molar-refractivity contribution in [2.75, 3.05) is 18.4 Å². The van der Waals surface area contributed by atoms with Crippen molar-refractivity contribution in [1.82, 2.24) is 14.9 Å². The van der Waals surface area contributed by atoms with E-state index in [1.165, 1.54) is 25.9 Å². The van der Waals surface area contributed by atoms with Gasteiger partial charge in [0.15, 0.2) is 0 Å². The Hall–Kier alpha value is -1.65. The molecule has 3 saturated heterocycles. The monoisotopic (exact) mass is 328 g/mol. The van der Waals surface area contributed by atoms with E-state index in [4.69, 9.17) is 11.6 Å². The van der Waals surface area contributed by atoms with Crippen LogP contribution >= 0.6 is 11.6 Å². The number of anilines is 1. The van der Waals surface area contributed by atoms with Crippen molar-refractivity contribution in [3.63, 3.8) is 0 Å². The second-order valence-corrected chi connectivity index (χ2v) is 7.03. The number of rotatable bonds is 3. The Kier molecular flexibility index (Phi) is 3.95. The number of hydrogen-bond donors (Lipinski definition) is 1. The lowest BCUT2D eigenvalue weighted by molar-refractivity contribution is 0.0455. The van der Waals surface area contributed by atoms with Gasteiger partial charge in [-0.05, 0) is 56.5 Å². The number of hydrogen-bond acceptors (Lipinski definition) is 4. The van der Waals surface area contributed by atoms with Gasteiger partial charge in [-0.2, -0.15) is 0 Å². The van der Waals surface area contributed by atoms with Crippen molar-refractivity contribution >= 4 is 17.5 Å². The van der Waals surface area contributed by atoms with Crippen molar-refractivity contribution in [3.8, 4) is 11.1 Å². The molecule has 0 saturated carbocycles. The number of nitrogens with zero attached hydrogens (tertiary/aromatic N) is 3. The largest absolute Gasteiger partial charge is 0.350 e. The van der Waals surface area contributed by atoms with Crippen molar-refractivity contribution < 1.29 is 0 Å². The molecule has 23 heavy (non-hydrogen) atoms. The van der Waals surface area contributed by atoms with Crippen LogP contribution in [0, 0.1) is 5.92 Å². The van der Waals surface area contributed by atoms with Crippen LogP contribution in [0.2, 0.25) is 5.02 Å². The van der Waals surface area contributed by atoms with E-state index in [-0.39, 0.29) is 0 Å². The molecule has 4 heterocycles. The summed E-state index contributed by atoms with van der Waals surface area (Å²) in [6, 6.07) is 8.78. The standard InChI is InChI=1S/C18H21ClN4/c1-12-17(13-5-7-23(12)8-6-13)22-18-20-10-15(11-21-18)14-3-2-4-16(19)9-14/h2-4,9-13,17H,5-8H2,1H3,(H,20,21,22)/t12-,17-/m1/s1. The minimum atomic E-state index is 0.453. The van der Waals surface area contributed by atoms with Gasteiger partial charge in [-0.25, -0.2) is 9.97 Å². The van der Waals surface area contributed by atoms with Gasteiger partial charge >= 0.3 is 0 Å². The Balaban J connectivity index is 1.50. The molecule has 120 valence electrons. The van der Waals surface area contributed by atoms with Crippen molar-refractivity contribution in [1.29, 1.82) is 0 Å². The molecule has 5 rings (SSSR count). The van der Waals surface area contributed by atoms with Gasteiger partial charge in [0.1, 0.15) is 0 Å². The molecule has 2 atom stereocenters. The molecular weight excluding hydrogens is 308 g/mol. The van der Waals surface area contributed by atoms with Gasteiger partial charge < -0.3 is 5.32 Å². The molecule has 0 amide bonds. The van der Waals surface area contributed by atoms with E-state index in [1.54, 1.807) is 0 Å². The van der Waals surface area contributed by atoms with Crippen molar-refractivity contribution in [3.05, 3.63) is 41.7 Å². The van der Waals surface area contributed by atoms with Crippen LogP contribution in [-0.2, 0) is 0 Å². The molecule has 0 aliphatic carbocycles. The van der Waals surface area contributed by atoms with Gasteiger partial charge in [0.25, 0.3) is 0 Å². The average Bonchev–Trinajstić information content (AvgIpc) is 2.59. The Labute approximate surface area is 141 Å². The average molecular weight is 329 g/mol. The molecule has 4 nitrogen and oxygen atoms in total. The summed E-state index contributed by atoms with van der Waals surface area (Å²) in [5.41, 5.74) is 2.03. The lowest BCUT2D eigenvalue weighted by Crippen LogP contribution is -2.59. The maximum absolute atomic E-state index is 6.05. The molecule has 3 aliphatic rings. The van der Waals surface area contributed by atoms with E-state index in [2.05, 4.69) is 27.1 Å². The Morgan fingerprint density at radius 2 is 1.87 bits per heavy atom. The molecule has 1 aromatic carbocycles. The lowest BCUT2D eigenvalue weighted by Gasteiger charge is -2.49. The molecule has 0 spiro atoms. The summed E-state index contributed by atoms with van der Waals surface area (Å²) in [6.45, 7) is 4.78. The third-order valence-electron chi connectivity index (χ3n) is 5.28. The van der Waals surface area contributed by atoms with Crippen LogP contribution in [-0.4, -0.2) is 40.0 Å². The highest BCUT2D eigenvalue weighted by Crippen LogP contribution is 2.33.